The van der Waals surface area contributed by atoms with Gasteiger partial charge in [0.05, 0.1) is 13.2 Å². The average Bonchev–Trinajstić information content (AvgIpc) is 2.97. The molecule has 0 saturated carbocycles. The number of nitrogens with zero attached hydrogens (tertiary/aromatic N) is 2. The van der Waals surface area contributed by atoms with Gasteiger partial charge in [0.25, 0.3) is 0 Å². The van der Waals surface area contributed by atoms with Crippen LogP contribution >= 0.6 is 0 Å². The molecular weight excluding hydrogens is 528 g/mol. The lowest BCUT2D eigenvalue weighted by molar-refractivity contribution is 0.154. The molecule has 0 aliphatic carbocycles. The third kappa shape index (κ3) is 22.3. The van der Waals surface area contributed by atoms with E-state index in [-0.39, 0.29) is 0 Å². The number of hydrogen-bond donors (Lipinski definition) is 2. The van der Waals surface area contributed by atoms with Gasteiger partial charge in [-0.3, -0.25) is 10.6 Å². The van der Waals surface area contributed by atoms with E-state index in [1.165, 1.54) is 89.9 Å². The maximum Gasteiger partial charge on any atom is 0.411 e. The van der Waals surface area contributed by atoms with E-state index >= 15 is 0 Å². The number of anilines is 2. The number of carbonyl (C=O) groups excluding carboxylic acids is 2. The number of unbranched alkanes of at least 4 members (excludes halogenated alkanes) is 12. The summed E-state index contributed by atoms with van der Waals surface area (Å²) in [6.45, 7) is 9.20. The number of rotatable bonds is 26. The van der Waals surface area contributed by atoms with Crippen LogP contribution in [0, 0.1) is 0 Å². The van der Waals surface area contributed by atoms with Gasteiger partial charge in [-0.15, -0.1) is 0 Å². The molecule has 1 rings (SSSR count). The van der Waals surface area contributed by atoms with Gasteiger partial charge < -0.3 is 19.3 Å². The molecule has 0 atom stereocenters. The van der Waals surface area contributed by atoms with Crippen molar-refractivity contribution in [2.45, 2.75) is 117 Å². The molecule has 0 aromatic heterocycles. The number of nitrogens with one attached hydrogen (secondary N) is 2. The lowest BCUT2D eigenvalue weighted by atomic mass is 10.1. The molecule has 0 aliphatic rings. The second-order valence-corrected chi connectivity index (χ2v) is 11.7. The van der Waals surface area contributed by atoms with Crippen LogP contribution in [0.3, 0.4) is 0 Å². The molecule has 0 bridgehead atoms. The smallest absolute Gasteiger partial charge is 0.411 e. The van der Waals surface area contributed by atoms with Crippen LogP contribution in [0.1, 0.15) is 117 Å². The zero-order valence-electron chi connectivity index (χ0n) is 27.4. The summed E-state index contributed by atoms with van der Waals surface area (Å²) >= 11 is 0. The Labute approximate surface area is 257 Å². The molecule has 0 aliphatic heterocycles. The highest BCUT2D eigenvalue weighted by atomic mass is 16.6. The molecular formula is C34H62N4O4. The summed E-state index contributed by atoms with van der Waals surface area (Å²) in [6, 6.07) is 6.97. The number of carbonyl (C=O) groups is 2. The Balaban J connectivity index is 2.12. The first kappa shape index (κ1) is 37.7. The molecule has 0 saturated heterocycles. The van der Waals surface area contributed by atoms with Crippen molar-refractivity contribution < 1.29 is 19.1 Å². The third-order valence-corrected chi connectivity index (χ3v) is 7.48. The maximum atomic E-state index is 12.2. The summed E-state index contributed by atoms with van der Waals surface area (Å²) < 4.78 is 10.7. The van der Waals surface area contributed by atoms with Crippen molar-refractivity contribution in [3.63, 3.8) is 0 Å². The van der Waals surface area contributed by atoms with Gasteiger partial charge in [0.15, 0.2) is 0 Å². The van der Waals surface area contributed by atoms with Crippen LogP contribution in [0.2, 0.25) is 0 Å². The number of benzene rings is 1. The van der Waals surface area contributed by atoms with E-state index in [0.29, 0.717) is 24.6 Å². The van der Waals surface area contributed by atoms with Crippen molar-refractivity contribution in [3.8, 4) is 0 Å². The van der Waals surface area contributed by atoms with Crippen molar-refractivity contribution >= 4 is 23.6 Å². The van der Waals surface area contributed by atoms with Crippen molar-refractivity contribution in [2.24, 2.45) is 0 Å². The van der Waals surface area contributed by atoms with Crippen LogP contribution in [0.5, 0.6) is 0 Å². The molecule has 242 valence electrons. The normalized spacial score (nSPS) is 11.2. The molecule has 8 nitrogen and oxygen atoms in total. The zero-order valence-corrected chi connectivity index (χ0v) is 27.4. The number of amides is 2. The molecule has 0 radical (unpaired) electrons. The fraction of sp³-hybridized carbons (Fsp3) is 0.765. The summed E-state index contributed by atoms with van der Waals surface area (Å²) in [5.74, 6) is 0. The van der Waals surface area contributed by atoms with Crippen molar-refractivity contribution in [2.75, 3.05) is 64.1 Å². The predicted octanol–water partition coefficient (Wildman–Crippen LogP) is 8.93. The van der Waals surface area contributed by atoms with E-state index in [0.717, 1.165) is 39.0 Å². The van der Waals surface area contributed by atoms with Gasteiger partial charge in [0, 0.05) is 24.5 Å². The minimum atomic E-state index is -0.495. The number of ether oxygens (including phenoxy) is 2. The van der Waals surface area contributed by atoms with Crippen LogP contribution in [-0.4, -0.2) is 75.5 Å². The van der Waals surface area contributed by atoms with E-state index < -0.39 is 12.2 Å². The van der Waals surface area contributed by atoms with Crippen LogP contribution in [0.4, 0.5) is 21.0 Å². The summed E-state index contributed by atoms with van der Waals surface area (Å²) in [7, 11) is 4.24. The van der Waals surface area contributed by atoms with E-state index in [9.17, 15) is 9.59 Å². The quantitative estimate of drug-likeness (QED) is 0.105. The Morgan fingerprint density at radius 1 is 0.571 bits per heavy atom. The van der Waals surface area contributed by atoms with E-state index in [1.54, 1.807) is 24.3 Å². The number of hydrogen-bond acceptors (Lipinski definition) is 6. The predicted molar refractivity (Wildman–Crippen MR) is 177 cm³/mol. The van der Waals surface area contributed by atoms with E-state index in [1.807, 2.05) is 0 Å². The Morgan fingerprint density at radius 2 is 0.929 bits per heavy atom. The van der Waals surface area contributed by atoms with Crippen LogP contribution in [0.25, 0.3) is 0 Å². The van der Waals surface area contributed by atoms with Gasteiger partial charge in [0.1, 0.15) is 0 Å². The second-order valence-electron chi connectivity index (χ2n) is 11.7. The largest absolute Gasteiger partial charge is 0.449 e. The summed E-state index contributed by atoms with van der Waals surface area (Å²) in [6.07, 6.45) is 19.0. The molecule has 0 unspecified atom stereocenters. The van der Waals surface area contributed by atoms with E-state index in [2.05, 4.69) is 48.4 Å². The standard InChI is InChI=1S/C34H62N4O4/c1-5-7-9-11-13-15-17-24-37(3)26-20-28-41-33(39)35-31-22-19-23-32(30-31)36-34(40)42-29-21-27-38(4)25-18-16-14-12-10-8-6-2/h19,22-23,30H,5-18,20-21,24-29H2,1-4H3,(H,35,39)(H,36,40). The first-order valence-corrected chi connectivity index (χ1v) is 16.8. The van der Waals surface area contributed by atoms with Gasteiger partial charge in [-0.1, -0.05) is 97.0 Å². The van der Waals surface area contributed by atoms with Gasteiger partial charge in [0.2, 0.25) is 0 Å². The molecule has 42 heavy (non-hydrogen) atoms. The summed E-state index contributed by atoms with van der Waals surface area (Å²) in [4.78, 5) is 29.0. The van der Waals surface area contributed by atoms with Crippen molar-refractivity contribution in [3.05, 3.63) is 24.3 Å². The Bertz CT molecular complexity index is 746. The molecule has 8 heteroatoms. The zero-order chi connectivity index (χ0) is 30.7. The van der Waals surface area contributed by atoms with Crippen molar-refractivity contribution in [1.82, 2.24) is 9.80 Å². The van der Waals surface area contributed by atoms with Gasteiger partial charge in [-0.25, -0.2) is 9.59 Å². The lowest BCUT2D eigenvalue weighted by Gasteiger charge is -2.16. The van der Waals surface area contributed by atoms with Crippen LogP contribution in [0.15, 0.2) is 24.3 Å². The highest BCUT2D eigenvalue weighted by Crippen LogP contribution is 2.16. The first-order valence-electron chi connectivity index (χ1n) is 16.8. The lowest BCUT2D eigenvalue weighted by Crippen LogP contribution is -2.23. The molecule has 0 spiro atoms. The average molecular weight is 591 g/mol. The molecule has 2 N–H and O–H groups in total. The minimum absolute atomic E-state index is 0.367. The van der Waals surface area contributed by atoms with Gasteiger partial charge in [-0.2, -0.15) is 0 Å². The van der Waals surface area contributed by atoms with Gasteiger partial charge in [-0.05, 0) is 71.1 Å². The molecule has 0 fully saturated rings. The minimum Gasteiger partial charge on any atom is -0.449 e. The Morgan fingerprint density at radius 3 is 1.33 bits per heavy atom. The van der Waals surface area contributed by atoms with Crippen LogP contribution < -0.4 is 10.6 Å². The highest BCUT2D eigenvalue weighted by Gasteiger charge is 2.08. The Kier molecular flexibility index (Phi) is 23.6. The second kappa shape index (κ2) is 26.3. The molecule has 0 heterocycles. The first-order chi connectivity index (χ1) is 20.4. The third-order valence-electron chi connectivity index (χ3n) is 7.48. The fourth-order valence-electron chi connectivity index (χ4n) is 4.88. The van der Waals surface area contributed by atoms with Gasteiger partial charge >= 0.3 is 12.2 Å². The Hall–Kier alpha value is -2.32. The summed E-state index contributed by atoms with van der Waals surface area (Å²) in [5, 5.41) is 5.46. The fourth-order valence-corrected chi connectivity index (χ4v) is 4.88. The molecule has 1 aromatic carbocycles. The molecule has 2 amide bonds. The van der Waals surface area contributed by atoms with E-state index in [4.69, 9.17) is 9.47 Å². The SMILES string of the molecule is CCCCCCCCCN(C)CCCOC(=O)Nc1cccc(NC(=O)OCCCN(C)CCCCCCCCC)c1. The topological polar surface area (TPSA) is 83.1 Å². The molecule has 1 aromatic rings. The summed E-state index contributed by atoms with van der Waals surface area (Å²) in [5.41, 5.74) is 1.11. The van der Waals surface area contributed by atoms with Crippen LogP contribution in [-0.2, 0) is 9.47 Å². The highest BCUT2D eigenvalue weighted by molar-refractivity contribution is 5.88. The monoisotopic (exact) mass is 590 g/mol. The maximum absolute atomic E-state index is 12.2. The van der Waals surface area contributed by atoms with Crippen molar-refractivity contribution in [1.29, 1.82) is 0 Å².